The van der Waals surface area contributed by atoms with Crippen molar-refractivity contribution in [1.82, 2.24) is 0 Å². The van der Waals surface area contributed by atoms with E-state index in [9.17, 15) is 0 Å². The van der Waals surface area contributed by atoms with E-state index in [1.54, 1.807) is 0 Å². The Bertz CT molecular complexity index is 707. The lowest BCUT2D eigenvalue weighted by Crippen LogP contribution is -1.94. The van der Waals surface area contributed by atoms with Gasteiger partial charge in [0.2, 0.25) is 0 Å². The van der Waals surface area contributed by atoms with Gasteiger partial charge in [-0.1, -0.05) is 48.5 Å². The van der Waals surface area contributed by atoms with E-state index in [0.29, 0.717) is 12.5 Å². The zero-order chi connectivity index (χ0) is 13.8. The van der Waals surface area contributed by atoms with E-state index >= 15 is 0 Å². The van der Waals surface area contributed by atoms with E-state index in [1.807, 2.05) is 24.3 Å². The van der Waals surface area contributed by atoms with Crippen molar-refractivity contribution in [2.45, 2.75) is 12.5 Å². The Labute approximate surface area is 123 Å². The highest BCUT2D eigenvalue weighted by atomic mass is 35.5. The van der Waals surface area contributed by atoms with Crippen molar-refractivity contribution in [2.24, 2.45) is 0 Å². The van der Waals surface area contributed by atoms with E-state index in [-0.39, 0.29) is 0 Å². The molecular formula is C18H15ClO. The summed E-state index contributed by atoms with van der Waals surface area (Å²) in [5.41, 5.74) is 2.31. The molecule has 0 amide bonds. The van der Waals surface area contributed by atoms with Crippen LogP contribution in [0.15, 0.2) is 66.7 Å². The van der Waals surface area contributed by atoms with Gasteiger partial charge in [0.15, 0.2) is 0 Å². The van der Waals surface area contributed by atoms with Gasteiger partial charge in [-0.3, -0.25) is 0 Å². The van der Waals surface area contributed by atoms with Crippen LogP contribution >= 0.6 is 11.6 Å². The fraction of sp³-hybridized carbons (Fsp3) is 0.111. The first-order valence-corrected chi connectivity index (χ1v) is 7.14. The minimum absolute atomic E-state index is 0.544. The summed E-state index contributed by atoms with van der Waals surface area (Å²) in [6.45, 7) is 0.589. The average Bonchev–Trinajstić information content (AvgIpc) is 2.53. The summed E-state index contributed by atoms with van der Waals surface area (Å²) in [6, 6.07) is 22.6. The molecule has 0 fully saturated rings. The first kappa shape index (κ1) is 13.0. The van der Waals surface area contributed by atoms with Crippen LogP contribution in [0.4, 0.5) is 0 Å². The van der Waals surface area contributed by atoms with Gasteiger partial charge in [0.1, 0.15) is 12.4 Å². The summed E-state index contributed by atoms with van der Waals surface area (Å²) in [5.74, 6) is 1.43. The summed E-state index contributed by atoms with van der Waals surface area (Å²) in [5, 5.41) is 2.36. The van der Waals surface area contributed by atoms with Gasteiger partial charge in [-0.05, 0) is 40.1 Å². The van der Waals surface area contributed by atoms with E-state index in [2.05, 4.69) is 42.5 Å². The second-order valence-electron chi connectivity index (χ2n) is 4.75. The van der Waals surface area contributed by atoms with Crippen LogP contribution < -0.4 is 4.74 Å². The number of fused-ring (bicyclic) bond motifs is 1. The van der Waals surface area contributed by atoms with Gasteiger partial charge in [-0.15, -0.1) is 11.6 Å². The van der Waals surface area contributed by atoms with Gasteiger partial charge in [-0.25, -0.2) is 0 Å². The molecule has 100 valence electrons. The second kappa shape index (κ2) is 5.98. The minimum atomic E-state index is 0.544. The maximum absolute atomic E-state index is 5.85. The Kier molecular flexibility index (Phi) is 3.89. The van der Waals surface area contributed by atoms with E-state index < -0.39 is 0 Å². The van der Waals surface area contributed by atoms with Gasteiger partial charge in [0.05, 0.1) is 0 Å². The van der Waals surface area contributed by atoms with Crippen molar-refractivity contribution >= 4 is 22.4 Å². The summed E-state index contributed by atoms with van der Waals surface area (Å²) >= 11 is 5.85. The number of rotatable bonds is 4. The van der Waals surface area contributed by atoms with Crippen LogP contribution in [0, 0.1) is 0 Å². The molecule has 0 aliphatic rings. The van der Waals surface area contributed by atoms with Gasteiger partial charge < -0.3 is 4.74 Å². The molecule has 0 heterocycles. The lowest BCUT2D eigenvalue weighted by Gasteiger charge is -2.08. The maximum atomic E-state index is 5.85. The van der Waals surface area contributed by atoms with Crippen LogP contribution in [0.5, 0.6) is 5.75 Å². The van der Waals surface area contributed by atoms with Crippen LogP contribution in [0.1, 0.15) is 11.1 Å². The number of hydrogen-bond acceptors (Lipinski definition) is 1. The highest BCUT2D eigenvalue weighted by Crippen LogP contribution is 2.23. The molecule has 2 heteroatoms. The number of benzene rings is 3. The molecule has 0 N–H and O–H groups in total. The third kappa shape index (κ3) is 2.94. The number of hydrogen-bond donors (Lipinski definition) is 0. The summed E-state index contributed by atoms with van der Waals surface area (Å²) < 4.78 is 5.83. The quantitative estimate of drug-likeness (QED) is 0.601. The molecule has 0 unspecified atom stereocenters. The van der Waals surface area contributed by atoms with Crippen LogP contribution in [0.3, 0.4) is 0 Å². The molecule has 3 aromatic carbocycles. The predicted molar refractivity (Wildman–Crippen MR) is 84.3 cm³/mol. The molecule has 3 rings (SSSR count). The van der Waals surface area contributed by atoms with Crippen LogP contribution in [-0.2, 0) is 12.5 Å². The number of halogens is 1. The first-order valence-electron chi connectivity index (χ1n) is 6.60. The monoisotopic (exact) mass is 282 g/mol. The molecule has 0 atom stereocenters. The normalized spacial score (nSPS) is 10.7. The zero-order valence-corrected chi connectivity index (χ0v) is 11.8. The standard InChI is InChI=1S/C18H15ClO/c19-12-15-6-7-17-11-18(9-8-16(17)10-15)20-13-14-4-2-1-3-5-14/h1-11H,12-13H2. The summed E-state index contributed by atoms with van der Waals surface area (Å²) in [4.78, 5) is 0. The molecule has 1 nitrogen and oxygen atoms in total. The van der Waals surface area contributed by atoms with Crippen molar-refractivity contribution in [2.75, 3.05) is 0 Å². The van der Waals surface area contributed by atoms with E-state index in [0.717, 1.165) is 11.3 Å². The van der Waals surface area contributed by atoms with Crippen molar-refractivity contribution in [1.29, 1.82) is 0 Å². The minimum Gasteiger partial charge on any atom is -0.489 e. The van der Waals surface area contributed by atoms with Crippen molar-refractivity contribution < 1.29 is 4.74 Å². The SMILES string of the molecule is ClCc1ccc2cc(OCc3ccccc3)ccc2c1. The van der Waals surface area contributed by atoms with Gasteiger partial charge >= 0.3 is 0 Å². The summed E-state index contributed by atoms with van der Waals surface area (Å²) in [7, 11) is 0. The smallest absolute Gasteiger partial charge is 0.120 e. The molecular weight excluding hydrogens is 268 g/mol. The molecule has 0 saturated heterocycles. The van der Waals surface area contributed by atoms with Crippen molar-refractivity contribution in [3.63, 3.8) is 0 Å². The Balaban J connectivity index is 1.79. The Hall–Kier alpha value is -1.99. The highest BCUT2D eigenvalue weighted by molar-refractivity contribution is 6.17. The number of ether oxygens (including phenoxy) is 1. The van der Waals surface area contributed by atoms with Crippen LogP contribution in [-0.4, -0.2) is 0 Å². The largest absolute Gasteiger partial charge is 0.489 e. The fourth-order valence-corrected chi connectivity index (χ4v) is 2.35. The maximum Gasteiger partial charge on any atom is 0.120 e. The van der Waals surface area contributed by atoms with E-state index in [1.165, 1.54) is 16.3 Å². The van der Waals surface area contributed by atoms with Crippen LogP contribution in [0.2, 0.25) is 0 Å². The average molecular weight is 283 g/mol. The molecule has 0 spiro atoms. The fourth-order valence-electron chi connectivity index (χ4n) is 2.19. The highest BCUT2D eigenvalue weighted by Gasteiger charge is 2.00. The molecule has 0 aliphatic heterocycles. The zero-order valence-electron chi connectivity index (χ0n) is 11.1. The molecule has 0 radical (unpaired) electrons. The van der Waals surface area contributed by atoms with Crippen molar-refractivity contribution in [3.8, 4) is 5.75 Å². The van der Waals surface area contributed by atoms with Gasteiger partial charge in [-0.2, -0.15) is 0 Å². The molecule has 0 bridgehead atoms. The molecule has 0 aromatic heterocycles. The van der Waals surface area contributed by atoms with E-state index in [4.69, 9.17) is 16.3 Å². The van der Waals surface area contributed by atoms with Crippen molar-refractivity contribution in [3.05, 3.63) is 77.9 Å². The first-order chi connectivity index (χ1) is 9.85. The lowest BCUT2D eigenvalue weighted by molar-refractivity contribution is 0.306. The summed E-state index contributed by atoms with van der Waals surface area (Å²) in [6.07, 6.45) is 0. The third-order valence-electron chi connectivity index (χ3n) is 3.28. The third-order valence-corrected chi connectivity index (χ3v) is 3.59. The van der Waals surface area contributed by atoms with Gasteiger partial charge in [0, 0.05) is 5.88 Å². The Morgan fingerprint density at radius 3 is 2.30 bits per heavy atom. The molecule has 0 aliphatic carbocycles. The second-order valence-corrected chi connectivity index (χ2v) is 5.02. The Morgan fingerprint density at radius 1 is 0.750 bits per heavy atom. The molecule has 20 heavy (non-hydrogen) atoms. The predicted octanol–water partition coefficient (Wildman–Crippen LogP) is 5.16. The molecule has 0 saturated carbocycles. The topological polar surface area (TPSA) is 9.23 Å². The molecule has 3 aromatic rings. The Morgan fingerprint density at radius 2 is 1.50 bits per heavy atom. The lowest BCUT2D eigenvalue weighted by atomic mass is 10.1. The van der Waals surface area contributed by atoms with Gasteiger partial charge in [0.25, 0.3) is 0 Å². The van der Waals surface area contributed by atoms with Crippen LogP contribution in [0.25, 0.3) is 10.8 Å². The number of alkyl halides is 1.